The molecule has 10 nitrogen and oxygen atoms in total. The number of nitrogens with one attached hydrogen (secondary N) is 1. The van der Waals surface area contributed by atoms with Gasteiger partial charge in [0.15, 0.2) is 16.6 Å². The Balaban J connectivity index is 1.09. The Morgan fingerprint density at radius 1 is 1.03 bits per heavy atom. The van der Waals surface area contributed by atoms with Gasteiger partial charge in [0.2, 0.25) is 5.91 Å². The second-order valence-electron chi connectivity index (χ2n) is 8.03. The van der Waals surface area contributed by atoms with Crippen LogP contribution in [0.15, 0.2) is 60.7 Å². The number of thiazole rings is 1. The Morgan fingerprint density at radius 3 is 2.74 bits per heavy atom. The molecule has 0 saturated carbocycles. The summed E-state index contributed by atoms with van der Waals surface area (Å²) in [6.45, 7) is 1.47. The fraction of sp³-hybridized carbons (Fsp3) is 0.217. The van der Waals surface area contributed by atoms with Gasteiger partial charge in [0, 0.05) is 25.1 Å². The van der Waals surface area contributed by atoms with Crippen LogP contribution in [0.3, 0.4) is 0 Å². The SMILES string of the molecule is O=C(Nc1nc2ccc(Oc3ccccc3)cc2s1)C1CCN(c2ccc3nnnn3n2)CC1. The van der Waals surface area contributed by atoms with Crippen LogP contribution >= 0.6 is 11.3 Å². The molecule has 0 aliphatic carbocycles. The smallest absolute Gasteiger partial charge is 0.229 e. The standard InChI is InChI=1S/C23H20N8O2S/c32-22(15-10-12-30(13-11-15)21-9-8-20-26-28-29-31(20)27-21)25-23-24-18-7-6-17(14-19(18)34-23)33-16-4-2-1-3-5-16/h1-9,14-15H,10-13H2,(H,24,25,32). The highest BCUT2D eigenvalue weighted by Crippen LogP contribution is 2.32. The summed E-state index contributed by atoms with van der Waals surface area (Å²) in [6.07, 6.45) is 1.47. The molecular weight excluding hydrogens is 452 g/mol. The van der Waals surface area contributed by atoms with Gasteiger partial charge < -0.3 is 15.0 Å². The molecule has 4 heterocycles. The number of amides is 1. The normalized spacial score (nSPS) is 14.5. The third-order valence-electron chi connectivity index (χ3n) is 5.81. The number of tetrazole rings is 1. The molecule has 1 fully saturated rings. The van der Waals surface area contributed by atoms with E-state index in [0.29, 0.717) is 10.8 Å². The summed E-state index contributed by atoms with van der Waals surface area (Å²) in [5.41, 5.74) is 1.44. The van der Waals surface area contributed by atoms with Crippen LogP contribution in [0.5, 0.6) is 11.5 Å². The van der Waals surface area contributed by atoms with Gasteiger partial charge in [0.25, 0.3) is 0 Å². The fourth-order valence-electron chi connectivity index (χ4n) is 4.03. The van der Waals surface area contributed by atoms with Gasteiger partial charge in [0.05, 0.1) is 10.2 Å². The Labute approximate surface area is 198 Å². The first-order chi connectivity index (χ1) is 16.7. The first-order valence-electron chi connectivity index (χ1n) is 11.0. The molecule has 0 bridgehead atoms. The lowest BCUT2D eigenvalue weighted by Gasteiger charge is -2.31. The van der Waals surface area contributed by atoms with E-state index in [4.69, 9.17) is 4.74 Å². The van der Waals surface area contributed by atoms with Gasteiger partial charge in [-0.2, -0.15) is 0 Å². The summed E-state index contributed by atoms with van der Waals surface area (Å²) in [4.78, 5) is 19.6. The zero-order valence-electron chi connectivity index (χ0n) is 18.0. The molecule has 170 valence electrons. The van der Waals surface area contributed by atoms with Gasteiger partial charge in [-0.1, -0.05) is 29.5 Å². The largest absolute Gasteiger partial charge is 0.457 e. The molecule has 1 N–H and O–H groups in total. The van der Waals surface area contributed by atoms with Crippen molar-refractivity contribution in [3.05, 3.63) is 60.7 Å². The Kier molecular flexibility index (Phi) is 5.22. The van der Waals surface area contributed by atoms with Crippen molar-refractivity contribution in [2.24, 2.45) is 5.92 Å². The Bertz CT molecular complexity index is 1460. The number of anilines is 2. The van der Waals surface area contributed by atoms with Crippen molar-refractivity contribution in [1.82, 2.24) is 30.2 Å². The molecule has 0 unspecified atom stereocenters. The number of para-hydroxylation sites is 1. The van der Waals surface area contributed by atoms with Gasteiger partial charge in [-0.05, 0) is 59.7 Å². The summed E-state index contributed by atoms with van der Waals surface area (Å²) < 4.78 is 8.28. The minimum Gasteiger partial charge on any atom is -0.457 e. The number of carbonyl (C=O) groups excluding carboxylic acids is 1. The lowest BCUT2D eigenvalue weighted by Crippen LogP contribution is -2.38. The Hall–Kier alpha value is -4.12. The maximum absolute atomic E-state index is 12.9. The molecule has 1 aliphatic rings. The number of nitrogens with zero attached hydrogens (tertiary/aromatic N) is 7. The summed E-state index contributed by atoms with van der Waals surface area (Å²) in [5.74, 6) is 2.25. The second-order valence-corrected chi connectivity index (χ2v) is 9.06. The maximum Gasteiger partial charge on any atom is 0.229 e. The van der Waals surface area contributed by atoms with Crippen LogP contribution in [0.25, 0.3) is 15.9 Å². The first kappa shape index (κ1) is 20.5. The van der Waals surface area contributed by atoms with Crippen molar-refractivity contribution in [2.75, 3.05) is 23.3 Å². The van der Waals surface area contributed by atoms with E-state index >= 15 is 0 Å². The molecule has 0 spiro atoms. The molecule has 0 radical (unpaired) electrons. The number of carbonyl (C=O) groups is 1. The van der Waals surface area contributed by atoms with Crippen LogP contribution < -0.4 is 15.0 Å². The van der Waals surface area contributed by atoms with E-state index in [2.05, 4.69) is 35.8 Å². The van der Waals surface area contributed by atoms with E-state index in [1.54, 1.807) is 0 Å². The molecule has 34 heavy (non-hydrogen) atoms. The number of hydrogen-bond donors (Lipinski definition) is 1. The predicted molar refractivity (Wildman–Crippen MR) is 128 cm³/mol. The predicted octanol–water partition coefficient (Wildman–Crippen LogP) is 3.78. The van der Waals surface area contributed by atoms with Crippen LogP contribution in [0, 0.1) is 5.92 Å². The van der Waals surface area contributed by atoms with E-state index in [1.807, 2.05) is 60.7 Å². The number of rotatable bonds is 5. The quantitative estimate of drug-likeness (QED) is 0.412. The van der Waals surface area contributed by atoms with Crippen molar-refractivity contribution >= 4 is 44.1 Å². The van der Waals surface area contributed by atoms with Crippen molar-refractivity contribution in [2.45, 2.75) is 12.8 Å². The lowest BCUT2D eigenvalue weighted by molar-refractivity contribution is -0.120. The Morgan fingerprint density at radius 2 is 1.88 bits per heavy atom. The van der Waals surface area contributed by atoms with Gasteiger partial charge >= 0.3 is 0 Å². The molecule has 1 aliphatic heterocycles. The number of piperidine rings is 1. The minimum atomic E-state index is -0.0722. The summed E-state index contributed by atoms with van der Waals surface area (Å²) >= 11 is 1.45. The molecule has 11 heteroatoms. The summed E-state index contributed by atoms with van der Waals surface area (Å²) in [5, 5.41) is 19.4. The molecule has 3 aromatic heterocycles. The molecule has 1 amide bonds. The fourth-order valence-corrected chi connectivity index (χ4v) is 4.93. The second kappa shape index (κ2) is 8.67. The number of fused-ring (bicyclic) bond motifs is 2. The molecule has 6 rings (SSSR count). The molecular formula is C23H20N8O2S. The number of aromatic nitrogens is 6. The van der Waals surface area contributed by atoms with Crippen molar-refractivity contribution in [1.29, 1.82) is 0 Å². The zero-order chi connectivity index (χ0) is 22.9. The average Bonchev–Trinajstić information content (AvgIpc) is 3.50. The topological polar surface area (TPSA) is 110 Å². The highest BCUT2D eigenvalue weighted by atomic mass is 32.1. The lowest BCUT2D eigenvalue weighted by atomic mass is 9.96. The van der Waals surface area contributed by atoms with Gasteiger partial charge in [0.1, 0.15) is 11.5 Å². The summed E-state index contributed by atoms with van der Waals surface area (Å²) in [7, 11) is 0. The molecule has 5 aromatic rings. The highest BCUT2D eigenvalue weighted by molar-refractivity contribution is 7.22. The van der Waals surface area contributed by atoms with E-state index in [0.717, 1.165) is 53.5 Å². The van der Waals surface area contributed by atoms with Crippen LogP contribution in [0.4, 0.5) is 10.9 Å². The molecule has 0 atom stereocenters. The van der Waals surface area contributed by atoms with Crippen molar-refractivity contribution in [3.63, 3.8) is 0 Å². The third-order valence-corrected chi connectivity index (χ3v) is 6.75. The third kappa shape index (κ3) is 4.13. The minimum absolute atomic E-state index is 0.00310. The van der Waals surface area contributed by atoms with Gasteiger partial charge in [-0.3, -0.25) is 4.79 Å². The van der Waals surface area contributed by atoms with E-state index in [1.165, 1.54) is 16.0 Å². The van der Waals surface area contributed by atoms with Crippen LogP contribution in [-0.4, -0.2) is 49.2 Å². The average molecular weight is 473 g/mol. The molecule has 1 saturated heterocycles. The maximum atomic E-state index is 12.9. The van der Waals surface area contributed by atoms with Crippen LogP contribution in [0.1, 0.15) is 12.8 Å². The van der Waals surface area contributed by atoms with Crippen molar-refractivity contribution in [3.8, 4) is 11.5 Å². The van der Waals surface area contributed by atoms with E-state index < -0.39 is 0 Å². The van der Waals surface area contributed by atoms with Crippen LogP contribution in [0.2, 0.25) is 0 Å². The highest BCUT2D eigenvalue weighted by Gasteiger charge is 2.26. The van der Waals surface area contributed by atoms with E-state index in [-0.39, 0.29) is 11.8 Å². The van der Waals surface area contributed by atoms with Gasteiger partial charge in [-0.25, -0.2) is 4.98 Å². The van der Waals surface area contributed by atoms with Gasteiger partial charge in [-0.15, -0.1) is 14.8 Å². The zero-order valence-corrected chi connectivity index (χ0v) is 18.9. The molecule has 2 aromatic carbocycles. The summed E-state index contributed by atoms with van der Waals surface area (Å²) in [6, 6.07) is 19.1. The monoisotopic (exact) mass is 472 g/mol. The van der Waals surface area contributed by atoms with E-state index in [9.17, 15) is 4.79 Å². The number of hydrogen-bond acceptors (Lipinski definition) is 9. The number of benzene rings is 2. The first-order valence-corrected chi connectivity index (χ1v) is 11.8. The van der Waals surface area contributed by atoms with Crippen LogP contribution in [-0.2, 0) is 4.79 Å². The van der Waals surface area contributed by atoms with Crippen molar-refractivity contribution < 1.29 is 9.53 Å². The number of ether oxygens (including phenoxy) is 1.